The fourth-order valence-electron chi connectivity index (χ4n) is 6.62. The average molecular weight is 581 g/mol. The Hall–Kier alpha value is -2.75. The highest BCUT2D eigenvalue weighted by Crippen LogP contribution is 2.38. The molecule has 9 heteroatoms. The molecule has 2 N–H and O–H groups in total. The van der Waals surface area contributed by atoms with Gasteiger partial charge in [0.05, 0.1) is 17.8 Å². The van der Waals surface area contributed by atoms with Crippen molar-refractivity contribution >= 4 is 18.5 Å². The van der Waals surface area contributed by atoms with Gasteiger partial charge in [0.25, 0.3) is 0 Å². The third kappa shape index (κ3) is 7.99. The van der Waals surface area contributed by atoms with Crippen LogP contribution < -0.4 is 5.32 Å². The third-order valence-corrected chi connectivity index (χ3v) is 9.14. The zero-order valence-electron chi connectivity index (χ0n) is 26.5. The van der Waals surface area contributed by atoms with Gasteiger partial charge in [0, 0.05) is 44.7 Å². The monoisotopic (exact) mass is 580 g/mol. The summed E-state index contributed by atoms with van der Waals surface area (Å²) in [5, 5.41) is 14.0. The summed E-state index contributed by atoms with van der Waals surface area (Å²) in [7, 11) is 6.19. The number of aliphatic hydroxyl groups is 1. The summed E-state index contributed by atoms with van der Waals surface area (Å²) in [6.45, 7) is 12.8. The van der Waals surface area contributed by atoms with Crippen LogP contribution in [0.3, 0.4) is 0 Å². The van der Waals surface area contributed by atoms with Crippen LogP contribution in [0, 0.1) is 11.3 Å². The van der Waals surface area contributed by atoms with Gasteiger partial charge in [0.15, 0.2) is 0 Å². The summed E-state index contributed by atoms with van der Waals surface area (Å²) < 4.78 is 0. The molecule has 1 saturated carbocycles. The third-order valence-electron chi connectivity index (χ3n) is 9.14. The molecule has 2 aliphatic heterocycles. The van der Waals surface area contributed by atoms with Gasteiger partial charge in [-0.3, -0.25) is 14.6 Å². The standard InChI is InChI=1S/C33H52N6O3/c1-33(2,3)30(38(7)21-27(34-4)24-13-14-24)32(42)39-20-26(40)19-29(39)31(41)35-28(23-11-9-8-10-12-23)22-37(6)25-15-17-36(5)18-16-25/h8-12,21,24-26,28-30,40H,4,13-20,22H2,1-3,5-7H3,(H,35,41)/b27-21-. The Balaban J connectivity index is 1.53. The topological polar surface area (TPSA) is 91.7 Å². The molecular formula is C33H52N6O3. The Morgan fingerprint density at radius 3 is 2.36 bits per heavy atom. The normalized spacial score (nSPS) is 24.0. The number of aliphatic imine (C=N–C) groups is 1. The Morgan fingerprint density at radius 1 is 1.14 bits per heavy atom. The summed E-state index contributed by atoms with van der Waals surface area (Å²) in [5.74, 6) is 0.0232. The number of β-amino-alcohol motifs (C(OH)–C–C–N with tert-alkyl or cyclic N) is 1. The fourth-order valence-corrected chi connectivity index (χ4v) is 6.62. The number of benzene rings is 1. The number of amides is 2. The van der Waals surface area contributed by atoms with Crippen LogP contribution in [0.2, 0.25) is 0 Å². The maximum Gasteiger partial charge on any atom is 0.246 e. The highest BCUT2D eigenvalue weighted by atomic mass is 16.3. The molecule has 0 bridgehead atoms. The molecule has 4 atom stereocenters. The Bertz CT molecular complexity index is 1110. The predicted molar refractivity (Wildman–Crippen MR) is 168 cm³/mol. The quantitative estimate of drug-likeness (QED) is 0.391. The zero-order valence-corrected chi connectivity index (χ0v) is 26.5. The van der Waals surface area contributed by atoms with Gasteiger partial charge in [-0.25, -0.2) is 0 Å². The number of likely N-dealkylation sites (tertiary alicyclic amines) is 2. The number of nitrogens with one attached hydrogen (secondary N) is 1. The predicted octanol–water partition coefficient (Wildman–Crippen LogP) is 3.13. The lowest BCUT2D eigenvalue weighted by molar-refractivity contribution is -0.145. The molecule has 232 valence electrons. The van der Waals surface area contributed by atoms with E-state index >= 15 is 0 Å². The summed E-state index contributed by atoms with van der Waals surface area (Å²) in [6.07, 6.45) is 5.78. The number of hydrogen-bond donors (Lipinski definition) is 2. The van der Waals surface area contributed by atoms with Crippen molar-refractivity contribution in [1.82, 2.24) is 24.9 Å². The van der Waals surface area contributed by atoms with E-state index in [4.69, 9.17) is 0 Å². The average Bonchev–Trinajstić information content (AvgIpc) is 3.71. The van der Waals surface area contributed by atoms with Gasteiger partial charge in [-0.15, -0.1) is 0 Å². The number of allylic oxidation sites excluding steroid dienone is 1. The summed E-state index contributed by atoms with van der Waals surface area (Å²) in [6, 6.07) is 8.99. The molecule has 4 unspecified atom stereocenters. The number of carbonyl (C=O) groups excluding carboxylic acids is 2. The van der Waals surface area contributed by atoms with E-state index in [1.807, 2.05) is 69.3 Å². The molecule has 2 heterocycles. The van der Waals surface area contributed by atoms with E-state index in [0.717, 1.165) is 50.0 Å². The van der Waals surface area contributed by atoms with E-state index in [0.29, 0.717) is 18.5 Å². The fraction of sp³-hybridized carbons (Fsp3) is 0.667. The molecule has 0 spiro atoms. The Labute approximate surface area is 252 Å². The number of likely N-dealkylation sites (N-methyl/N-ethyl adjacent to an activating group) is 2. The molecule has 0 radical (unpaired) electrons. The van der Waals surface area contributed by atoms with E-state index in [-0.39, 0.29) is 30.8 Å². The Kier molecular flexibility index (Phi) is 10.5. The van der Waals surface area contributed by atoms with Crippen LogP contribution in [0.1, 0.15) is 64.5 Å². The van der Waals surface area contributed by atoms with Crippen molar-refractivity contribution in [1.29, 1.82) is 0 Å². The number of nitrogens with zero attached hydrogens (tertiary/aromatic N) is 5. The molecule has 0 aromatic heterocycles. The number of hydrogen-bond acceptors (Lipinski definition) is 7. The van der Waals surface area contributed by atoms with Crippen LogP contribution in [0.25, 0.3) is 0 Å². The minimum Gasteiger partial charge on any atom is -0.391 e. The summed E-state index contributed by atoms with van der Waals surface area (Å²) in [4.78, 5) is 40.6. The van der Waals surface area contributed by atoms with Crippen molar-refractivity contribution in [2.24, 2.45) is 16.3 Å². The number of carbonyl (C=O) groups is 2. The summed E-state index contributed by atoms with van der Waals surface area (Å²) >= 11 is 0. The van der Waals surface area contributed by atoms with E-state index in [2.05, 4.69) is 40.9 Å². The lowest BCUT2D eigenvalue weighted by Gasteiger charge is -2.40. The highest BCUT2D eigenvalue weighted by Gasteiger charge is 2.45. The van der Waals surface area contributed by atoms with E-state index in [1.54, 1.807) is 4.90 Å². The van der Waals surface area contributed by atoms with Crippen LogP contribution in [0.4, 0.5) is 0 Å². The molecule has 2 amide bonds. The number of rotatable bonds is 11. The Morgan fingerprint density at radius 2 is 1.79 bits per heavy atom. The molecule has 42 heavy (non-hydrogen) atoms. The number of aliphatic hydroxyl groups excluding tert-OH is 1. The maximum atomic E-state index is 14.2. The molecule has 2 saturated heterocycles. The molecular weight excluding hydrogens is 528 g/mol. The van der Waals surface area contributed by atoms with E-state index < -0.39 is 23.6 Å². The first-order valence-corrected chi connectivity index (χ1v) is 15.5. The molecule has 1 aromatic carbocycles. The highest BCUT2D eigenvalue weighted by molar-refractivity contribution is 5.91. The largest absolute Gasteiger partial charge is 0.391 e. The first-order chi connectivity index (χ1) is 19.9. The van der Waals surface area contributed by atoms with Gasteiger partial charge in [-0.1, -0.05) is 51.1 Å². The van der Waals surface area contributed by atoms with Crippen molar-refractivity contribution in [3.63, 3.8) is 0 Å². The van der Waals surface area contributed by atoms with Crippen molar-refractivity contribution in [3.05, 3.63) is 47.8 Å². The second kappa shape index (κ2) is 13.7. The van der Waals surface area contributed by atoms with Gasteiger partial charge in [0.1, 0.15) is 12.1 Å². The van der Waals surface area contributed by atoms with Gasteiger partial charge >= 0.3 is 0 Å². The smallest absolute Gasteiger partial charge is 0.246 e. The van der Waals surface area contributed by atoms with Crippen molar-refractivity contribution < 1.29 is 14.7 Å². The zero-order chi connectivity index (χ0) is 30.6. The molecule has 3 fully saturated rings. The van der Waals surface area contributed by atoms with Crippen LogP contribution in [-0.4, -0.2) is 115 Å². The maximum absolute atomic E-state index is 14.2. The van der Waals surface area contributed by atoms with Gasteiger partial charge in [0.2, 0.25) is 11.8 Å². The molecule has 4 rings (SSSR count). The first kappa shape index (κ1) is 32.2. The van der Waals surface area contributed by atoms with Gasteiger partial charge in [-0.05, 0) is 70.6 Å². The van der Waals surface area contributed by atoms with Crippen LogP contribution >= 0.6 is 0 Å². The van der Waals surface area contributed by atoms with Gasteiger partial charge in [-0.2, -0.15) is 0 Å². The molecule has 9 nitrogen and oxygen atoms in total. The summed E-state index contributed by atoms with van der Waals surface area (Å²) in [5.41, 5.74) is 1.51. The molecule has 3 aliphatic rings. The van der Waals surface area contributed by atoms with Crippen LogP contribution in [0.15, 0.2) is 47.2 Å². The first-order valence-electron chi connectivity index (χ1n) is 15.5. The van der Waals surface area contributed by atoms with Gasteiger partial charge < -0.3 is 30.0 Å². The van der Waals surface area contributed by atoms with Crippen LogP contribution in [-0.2, 0) is 9.59 Å². The lowest BCUT2D eigenvalue weighted by atomic mass is 9.84. The molecule has 1 aliphatic carbocycles. The van der Waals surface area contributed by atoms with Crippen LogP contribution in [0.5, 0.6) is 0 Å². The second-order valence-corrected chi connectivity index (χ2v) is 13.8. The van der Waals surface area contributed by atoms with Crippen molar-refractivity contribution in [2.45, 2.75) is 83.1 Å². The second-order valence-electron chi connectivity index (χ2n) is 13.8. The van der Waals surface area contributed by atoms with Crippen molar-refractivity contribution in [3.8, 4) is 0 Å². The minimum atomic E-state index is -0.750. The molecule has 1 aromatic rings. The number of piperidine rings is 1. The van der Waals surface area contributed by atoms with E-state index in [1.165, 1.54) is 0 Å². The minimum absolute atomic E-state index is 0.141. The lowest BCUT2D eigenvalue weighted by Crippen LogP contribution is -2.56. The SMILES string of the molecule is C=N/C(=C\N(C)C(C(=O)N1CC(O)CC1C(=O)NC(CN(C)C1CCN(C)CC1)c1ccccc1)C(C)(C)C)C1CC1. The van der Waals surface area contributed by atoms with Crippen molar-refractivity contribution in [2.75, 3.05) is 47.3 Å². The van der Waals surface area contributed by atoms with E-state index in [9.17, 15) is 14.7 Å².